The number of rotatable bonds is 12. The summed E-state index contributed by atoms with van der Waals surface area (Å²) >= 11 is 7.32. The number of ether oxygens (including phenoxy) is 4. The fourth-order valence-corrected chi connectivity index (χ4v) is 8.00. The van der Waals surface area contributed by atoms with Crippen LogP contribution in [0.15, 0.2) is 65.1 Å². The summed E-state index contributed by atoms with van der Waals surface area (Å²) in [4.78, 5) is 10.3. The third kappa shape index (κ3) is 7.85. The van der Waals surface area contributed by atoms with Crippen molar-refractivity contribution in [3.8, 4) is 34.1 Å². The highest BCUT2D eigenvalue weighted by atomic mass is 35.5. The molecule has 1 saturated heterocycles. The molecule has 3 aromatic carbocycles. The molecular formula is C32H27ClF4N6O8S2. The number of halogens is 5. The highest BCUT2D eigenvalue weighted by Gasteiger charge is 2.36. The van der Waals surface area contributed by atoms with Crippen molar-refractivity contribution in [1.82, 2.24) is 20.0 Å². The van der Waals surface area contributed by atoms with Crippen LogP contribution >= 0.6 is 22.9 Å². The molecule has 3 heterocycles. The van der Waals surface area contributed by atoms with Crippen LogP contribution in [-0.2, 0) is 27.5 Å². The number of benzene rings is 3. The molecule has 0 spiro atoms. The Morgan fingerprint density at radius 2 is 1.87 bits per heavy atom. The van der Waals surface area contributed by atoms with Gasteiger partial charge in [-0.05, 0) is 60.6 Å². The lowest BCUT2D eigenvalue weighted by atomic mass is 10.0. The Balaban J connectivity index is 1.40. The number of methoxy groups -OCH3 is 2. The van der Waals surface area contributed by atoms with Crippen molar-refractivity contribution in [2.45, 2.75) is 43.1 Å². The van der Waals surface area contributed by atoms with E-state index in [1.54, 1.807) is 12.1 Å². The van der Waals surface area contributed by atoms with E-state index in [1.807, 2.05) is 0 Å². The number of hydrogen-bond acceptors (Lipinski definition) is 12. The highest BCUT2D eigenvalue weighted by Crippen LogP contribution is 2.44. The van der Waals surface area contributed by atoms with Gasteiger partial charge in [0, 0.05) is 29.9 Å². The minimum Gasteiger partial charge on any atom is -0.497 e. The number of nitrogens with zero attached hydrogens (tertiary/aromatic N) is 6. The van der Waals surface area contributed by atoms with Gasteiger partial charge in [-0.15, -0.1) is 10.2 Å². The van der Waals surface area contributed by atoms with Crippen molar-refractivity contribution < 1.29 is 49.9 Å². The molecule has 2 aromatic heterocycles. The predicted octanol–water partition coefficient (Wildman–Crippen LogP) is 8.03. The van der Waals surface area contributed by atoms with Crippen molar-refractivity contribution in [2.75, 3.05) is 25.1 Å². The molecule has 1 aliphatic heterocycles. The molecule has 5 aromatic rings. The molecule has 1 atom stereocenters. The second kappa shape index (κ2) is 15.1. The third-order valence-electron chi connectivity index (χ3n) is 8.08. The molecule has 0 N–H and O–H groups in total. The standard InChI is InChI=1S/C32H27ClF4N6O8S2/c1-48-20-8-6-18(26(12-20)49-2)15-42(31-39-38-17-52-31)53(46,47)28-13-23(33)27(14-24(28)34)51-25-9-7-19(32(35,36)37)11-21(25)22-16-41(40-30(22)43(44)45)29-5-3-4-10-50-29/h6-9,11-14,16-17,29H,3-5,10,15H2,1-2H3. The quantitative estimate of drug-likeness (QED) is 0.0683. The molecule has 280 valence electrons. The summed E-state index contributed by atoms with van der Waals surface area (Å²) in [6.45, 7) is -0.0250. The van der Waals surface area contributed by atoms with Gasteiger partial charge in [-0.2, -0.15) is 17.9 Å². The maximum Gasteiger partial charge on any atom is 0.416 e. The van der Waals surface area contributed by atoms with Gasteiger partial charge in [0.1, 0.15) is 44.8 Å². The van der Waals surface area contributed by atoms with Crippen LogP contribution in [0, 0.1) is 15.9 Å². The number of alkyl halides is 3. The fraction of sp³-hybridized carbons (Fsp3) is 0.281. The van der Waals surface area contributed by atoms with Gasteiger partial charge in [0.05, 0.1) is 42.6 Å². The smallest absolute Gasteiger partial charge is 0.416 e. The Bertz CT molecular complexity index is 2250. The predicted molar refractivity (Wildman–Crippen MR) is 182 cm³/mol. The number of sulfonamides is 1. The molecule has 6 rings (SSSR count). The lowest BCUT2D eigenvalue weighted by Crippen LogP contribution is -2.31. The van der Waals surface area contributed by atoms with E-state index in [2.05, 4.69) is 15.3 Å². The molecule has 21 heteroatoms. The van der Waals surface area contributed by atoms with Gasteiger partial charge in [-0.1, -0.05) is 22.9 Å². The Morgan fingerprint density at radius 1 is 1.08 bits per heavy atom. The second-order valence-electron chi connectivity index (χ2n) is 11.4. The van der Waals surface area contributed by atoms with Crippen LogP contribution in [-0.4, -0.2) is 54.1 Å². The largest absolute Gasteiger partial charge is 0.497 e. The summed E-state index contributed by atoms with van der Waals surface area (Å²) in [5.74, 6) is -2.34. The minimum atomic E-state index is -4.86. The van der Waals surface area contributed by atoms with Gasteiger partial charge in [0.2, 0.25) is 5.13 Å². The average molecular weight is 799 g/mol. The average Bonchev–Trinajstić information content (AvgIpc) is 3.83. The first-order valence-corrected chi connectivity index (χ1v) is 18.1. The van der Waals surface area contributed by atoms with Gasteiger partial charge in [-0.25, -0.2) is 17.1 Å². The molecular weight excluding hydrogens is 772 g/mol. The molecule has 53 heavy (non-hydrogen) atoms. The first-order valence-electron chi connectivity index (χ1n) is 15.4. The number of hydrogen-bond donors (Lipinski definition) is 0. The van der Waals surface area contributed by atoms with E-state index in [0.717, 1.165) is 45.3 Å². The summed E-state index contributed by atoms with van der Waals surface area (Å²) in [6, 6.07) is 8.24. The monoisotopic (exact) mass is 798 g/mol. The van der Waals surface area contributed by atoms with Crippen molar-refractivity contribution >= 4 is 43.9 Å². The summed E-state index contributed by atoms with van der Waals surface area (Å²) in [5.41, 5.74) is -0.289. The molecule has 0 aliphatic carbocycles. The molecule has 14 nitrogen and oxygen atoms in total. The molecule has 0 bridgehead atoms. The maximum absolute atomic E-state index is 16.0. The first-order chi connectivity index (χ1) is 25.2. The van der Waals surface area contributed by atoms with E-state index in [1.165, 1.54) is 32.0 Å². The Hall–Kier alpha value is -5.05. The fourth-order valence-electron chi connectivity index (χ4n) is 5.48. The van der Waals surface area contributed by atoms with Crippen molar-refractivity contribution in [1.29, 1.82) is 0 Å². The van der Waals surface area contributed by atoms with Gasteiger partial charge < -0.3 is 29.1 Å². The van der Waals surface area contributed by atoms with Crippen LogP contribution in [0.1, 0.15) is 36.6 Å². The maximum atomic E-state index is 16.0. The zero-order valence-corrected chi connectivity index (χ0v) is 29.9. The van der Waals surface area contributed by atoms with Gasteiger partial charge in [0.15, 0.2) is 6.23 Å². The van der Waals surface area contributed by atoms with Crippen LogP contribution in [0.25, 0.3) is 11.1 Å². The Labute approximate surface area is 307 Å². The van der Waals surface area contributed by atoms with E-state index >= 15 is 4.39 Å². The van der Waals surface area contributed by atoms with Crippen LogP contribution in [0.4, 0.5) is 28.5 Å². The summed E-state index contributed by atoms with van der Waals surface area (Å²) < 4.78 is 110. The number of nitro groups is 1. The Morgan fingerprint density at radius 3 is 2.51 bits per heavy atom. The second-order valence-corrected chi connectivity index (χ2v) is 14.4. The van der Waals surface area contributed by atoms with E-state index in [9.17, 15) is 31.7 Å². The van der Waals surface area contributed by atoms with Gasteiger partial charge in [0.25, 0.3) is 10.0 Å². The molecule has 1 unspecified atom stereocenters. The van der Waals surface area contributed by atoms with Gasteiger partial charge >= 0.3 is 12.0 Å². The molecule has 0 radical (unpaired) electrons. The van der Waals surface area contributed by atoms with Crippen molar-refractivity contribution in [3.05, 3.63) is 92.3 Å². The van der Waals surface area contributed by atoms with Crippen LogP contribution < -0.4 is 18.5 Å². The first kappa shape index (κ1) is 37.7. The zero-order valence-electron chi connectivity index (χ0n) is 27.5. The Kier molecular flexibility index (Phi) is 10.8. The molecule has 1 fully saturated rings. The number of anilines is 1. The summed E-state index contributed by atoms with van der Waals surface area (Å²) in [5, 5.41) is 23.0. The lowest BCUT2D eigenvalue weighted by Gasteiger charge is -2.23. The zero-order chi connectivity index (χ0) is 38.1. The van der Waals surface area contributed by atoms with Crippen molar-refractivity contribution in [3.63, 3.8) is 0 Å². The van der Waals surface area contributed by atoms with Crippen molar-refractivity contribution in [2.24, 2.45) is 0 Å². The van der Waals surface area contributed by atoms with E-state index in [4.69, 9.17) is 30.5 Å². The summed E-state index contributed by atoms with van der Waals surface area (Å²) in [6.07, 6.45) is -2.44. The SMILES string of the molecule is COc1ccc(CN(c2nncs2)S(=O)(=O)c2cc(Cl)c(Oc3ccc(C(F)(F)F)cc3-c3cn(C4CCCCO4)nc3[N+](=O)[O-])cc2F)c(OC)c1. The van der Waals surface area contributed by atoms with Gasteiger partial charge in [-0.3, -0.25) is 0 Å². The topological polar surface area (TPSA) is 161 Å². The van der Waals surface area contributed by atoms with Crippen LogP contribution in [0.2, 0.25) is 5.02 Å². The highest BCUT2D eigenvalue weighted by molar-refractivity contribution is 7.93. The number of aromatic nitrogens is 4. The van der Waals surface area contributed by atoms with E-state index < -0.39 is 71.5 Å². The summed E-state index contributed by atoms with van der Waals surface area (Å²) in [7, 11) is -1.97. The van der Waals surface area contributed by atoms with E-state index in [0.29, 0.717) is 42.5 Å². The van der Waals surface area contributed by atoms with Crippen LogP contribution in [0.5, 0.6) is 23.0 Å². The molecule has 1 aliphatic rings. The molecule has 0 amide bonds. The normalized spacial score (nSPS) is 14.9. The lowest BCUT2D eigenvalue weighted by molar-refractivity contribution is -0.389. The minimum absolute atomic E-state index is 0.117. The molecule has 0 saturated carbocycles. The van der Waals surface area contributed by atoms with Crippen LogP contribution in [0.3, 0.4) is 0 Å². The third-order valence-corrected chi connectivity index (χ3v) is 11.0. The van der Waals surface area contributed by atoms with E-state index in [-0.39, 0.29) is 23.0 Å².